The standard InChI is InChI=1S/C28H35N3O4/c1-8-31(24(25(32)29-19(2)3)22-16-14-20(4)15-17-22)26(33)23(18-21-12-10-9-11-13-21)30-27(34)35-28(5,6)7/h1,9-17,19,23-24H,18H2,2-7H3,(H,29,32)(H,30,34). The Balaban J connectivity index is 2.46. The van der Waals surface area contributed by atoms with E-state index in [-0.39, 0.29) is 12.5 Å². The van der Waals surface area contributed by atoms with Gasteiger partial charge in [0.15, 0.2) is 0 Å². The molecule has 2 rings (SSSR count). The number of amides is 3. The maximum atomic E-state index is 13.8. The molecule has 2 N–H and O–H groups in total. The van der Waals surface area contributed by atoms with E-state index in [1.54, 1.807) is 32.9 Å². The summed E-state index contributed by atoms with van der Waals surface area (Å²) in [5.41, 5.74) is 1.63. The van der Waals surface area contributed by atoms with Crippen molar-refractivity contribution in [3.63, 3.8) is 0 Å². The van der Waals surface area contributed by atoms with Crippen molar-refractivity contribution in [2.75, 3.05) is 0 Å². The third kappa shape index (κ3) is 8.49. The average Bonchev–Trinajstić information content (AvgIpc) is 2.76. The summed E-state index contributed by atoms with van der Waals surface area (Å²) in [4.78, 5) is 40.7. The van der Waals surface area contributed by atoms with Crippen LogP contribution in [0.1, 0.15) is 57.4 Å². The minimum Gasteiger partial charge on any atom is -0.444 e. The number of hydrogen-bond acceptors (Lipinski definition) is 4. The number of alkyl carbamates (subject to hydrolysis) is 1. The Labute approximate surface area is 208 Å². The predicted molar refractivity (Wildman–Crippen MR) is 136 cm³/mol. The van der Waals surface area contributed by atoms with Crippen molar-refractivity contribution in [1.29, 1.82) is 0 Å². The van der Waals surface area contributed by atoms with E-state index in [0.29, 0.717) is 5.56 Å². The van der Waals surface area contributed by atoms with Crippen LogP contribution in [0.2, 0.25) is 0 Å². The van der Waals surface area contributed by atoms with Crippen molar-refractivity contribution in [3.8, 4) is 12.5 Å². The molecular formula is C28H35N3O4. The van der Waals surface area contributed by atoms with Gasteiger partial charge in [-0.05, 0) is 52.7 Å². The molecule has 0 radical (unpaired) electrons. The molecule has 7 heteroatoms. The fourth-order valence-corrected chi connectivity index (χ4v) is 3.46. The zero-order valence-corrected chi connectivity index (χ0v) is 21.3. The molecule has 2 aromatic carbocycles. The van der Waals surface area contributed by atoms with Crippen molar-refractivity contribution < 1.29 is 19.1 Å². The predicted octanol–water partition coefficient (Wildman–Crippen LogP) is 4.12. The number of carbonyl (C=O) groups is 3. The molecule has 186 valence electrons. The summed E-state index contributed by atoms with van der Waals surface area (Å²) < 4.78 is 5.38. The maximum Gasteiger partial charge on any atom is 0.408 e. The Kier molecular flexibility index (Phi) is 9.47. The summed E-state index contributed by atoms with van der Waals surface area (Å²) >= 11 is 0. The van der Waals surface area contributed by atoms with Crippen LogP contribution in [-0.2, 0) is 20.7 Å². The lowest BCUT2D eigenvalue weighted by molar-refractivity contribution is -0.138. The summed E-state index contributed by atoms with van der Waals surface area (Å²) in [5, 5.41) is 5.50. The van der Waals surface area contributed by atoms with Crippen LogP contribution < -0.4 is 10.6 Å². The molecule has 0 heterocycles. The van der Waals surface area contributed by atoms with Crippen LogP contribution in [0.4, 0.5) is 4.79 Å². The fraction of sp³-hybridized carbons (Fsp3) is 0.393. The topological polar surface area (TPSA) is 87.7 Å². The first-order valence-corrected chi connectivity index (χ1v) is 11.6. The number of hydrogen-bond donors (Lipinski definition) is 2. The summed E-state index contributed by atoms with van der Waals surface area (Å²) in [6.07, 6.45) is 5.23. The van der Waals surface area contributed by atoms with Crippen molar-refractivity contribution in [3.05, 3.63) is 71.3 Å². The van der Waals surface area contributed by atoms with Gasteiger partial charge in [0.05, 0.1) is 0 Å². The van der Waals surface area contributed by atoms with Crippen LogP contribution in [0.25, 0.3) is 0 Å². The lowest BCUT2D eigenvalue weighted by Crippen LogP contribution is -2.52. The molecule has 0 spiro atoms. The number of nitrogens with one attached hydrogen (secondary N) is 2. The highest BCUT2D eigenvalue weighted by Crippen LogP contribution is 2.23. The van der Waals surface area contributed by atoms with Crippen LogP contribution in [0.15, 0.2) is 54.6 Å². The largest absolute Gasteiger partial charge is 0.444 e. The Bertz CT molecular complexity index is 1050. The molecule has 0 aliphatic carbocycles. The van der Waals surface area contributed by atoms with Gasteiger partial charge >= 0.3 is 6.09 Å². The van der Waals surface area contributed by atoms with Gasteiger partial charge in [0.1, 0.15) is 17.7 Å². The van der Waals surface area contributed by atoms with Gasteiger partial charge in [0, 0.05) is 18.5 Å². The molecule has 0 aliphatic heterocycles. The monoisotopic (exact) mass is 477 g/mol. The SMILES string of the molecule is C#CN(C(=O)C(Cc1ccccc1)NC(=O)OC(C)(C)C)C(C(=O)NC(C)C)c1ccc(C)cc1. The molecule has 0 saturated carbocycles. The number of carbonyl (C=O) groups excluding carboxylic acids is 3. The second-order valence-electron chi connectivity index (χ2n) is 9.70. The maximum absolute atomic E-state index is 13.8. The molecule has 2 atom stereocenters. The fourth-order valence-electron chi connectivity index (χ4n) is 3.46. The number of nitrogens with zero attached hydrogens (tertiary/aromatic N) is 1. The van der Waals surface area contributed by atoms with E-state index < -0.39 is 35.6 Å². The lowest BCUT2D eigenvalue weighted by Gasteiger charge is -2.31. The number of ether oxygens (including phenoxy) is 1. The normalized spacial score (nSPS) is 12.7. The van der Waals surface area contributed by atoms with E-state index in [1.165, 1.54) is 0 Å². The summed E-state index contributed by atoms with van der Waals surface area (Å²) in [7, 11) is 0. The van der Waals surface area contributed by atoms with E-state index in [4.69, 9.17) is 11.2 Å². The van der Waals surface area contributed by atoms with Crippen molar-refractivity contribution in [2.45, 2.75) is 71.7 Å². The molecule has 35 heavy (non-hydrogen) atoms. The zero-order valence-electron chi connectivity index (χ0n) is 21.3. The number of benzene rings is 2. The molecule has 0 bridgehead atoms. The van der Waals surface area contributed by atoms with Gasteiger partial charge in [0.2, 0.25) is 5.91 Å². The Hall–Kier alpha value is -3.79. The van der Waals surface area contributed by atoms with Crippen LogP contribution in [-0.4, -0.2) is 40.5 Å². The Morgan fingerprint density at radius 1 is 1.00 bits per heavy atom. The molecular weight excluding hydrogens is 442 g/mol. The second kappa shape index (κ2) is 12.1. The van der Waals surface area contributed by atoms with Crippen LogP contribution in [0.3, 0.4) is 0 Å². The van der Waals surface area contributed by atoms with Crippen LogP contribution >= 0.6 is 0 Å². The Morgan fingerprint density at radius 2 is 1.60 bits per heavy atom. The van der Waals surface area contributed by atoms with Gasteiger partial charge in [-0.3, -0.25) is 14.5 Å². The molecule has 0 fully saturated rings. The van der Waals surface area contributed by atoms with Crippen molar-refractivity contribution in [2.24, 2.45) is 0 Å². The third-order valence-electron chi connectivity index (χ3n) is 4.98. The van der Waals surface area contributed by atoms with Gasteiger partial charge < -0.3 is 15.4 Å². The van der Waals surface area contributed by atoms with E-state index in [0.717, 1.165) is 16.0 Å². The van der Waals surface area contributed by atoms with Gasteiger partial charge in [-0.1, -0.05) is 66.6 Å². The molecule has 0 aromatic heterocycles. The van der Waals surface area contributed by atoms with Crippen LogP contribution in [0, 0.1) is 19.4 Å². The van der Waals surface area contributed by atoms with Gasteiger partial charge in [-0.15, -0.1) is 0 Å². The summed E-state index contributed by atoms with van der Waals surface area (Å²) in [5.74, 6) is -1.00. The lowest BCUT2D eigenvalue weighted by atomic mass is 10.00. The highest BCUT2D eigenvalue weighted by Gasteiger charge is 2.36. The first-order chi connectivity index (χ1) is 16.4. The van der Waals surface area contributed by atoms with Gasteiger partial charge in [0.25, 0.3) is 5.91 Å². The highest BCUT2D eigenvalue weighted by atomic mass is 16.6. The first kappa shape index (κ1) is 27.5. The summed E-state index contributed by atoms with van der Waals surface area (Å²) in [6, 6.07) is 16.6. The quantitative estimate of drug-likeness (QED) is 0.442. The first-order valence-electron chi connectivity index (χ1n) is 11.6. The van der Waals surface area contributed by atoms with Gasteiger partial charge in [-0.25, -0.2) is 4.79 Å². The van der Waals surface area contributed by atoms with Gasteiger partial charge in [-0.2, -0.15) is 0 Å². The van der Waals surface area contributed by atoms with E-state index in [2.05, 4.69) is 16.7 Å². The van der Waals surface area contributed by atoms with E-state index >= 15 is 0 Å². The summed E-state index contributed by atoms with van der Waals surface area (Å²) in [6.45, 7) is 10.8. The zero-order chi connectivity index (χ0) is 26.2. The molecule has 0 saturated heterocycles. The average molecular weight is 478 g/mol. The molecule has 2 aromatic rings. The highest BCUT2D eigenvalue weighted by molar-refractivity contribution is 5.93. The molecule has 2 unspecified atom stereocenters. The van der Waals surface area contributed by atoms with Crippen LogP contribution in [0.5, 0.6) is 0 Å². The number of terminal acetylenes is 1. The molecule has 7 nitrogen and oxygen atoms in total. The number of rotatable bonds is 8. The molecule has 0 aliphatic rings. The third-order valence-corrected chi connectivity index (χ3v) is 4.98. The molecule has 3 amide bonds. The van der Waals surface area contributed by atoms with Crippen molar-refractivity contribution in [1.82, 2.24) is 15.5 Å². The smallest absolute Gasteiger partial charge is 0.408 e. The minimum atomic E-state index is -1.07. The minimum absolute atomic E-state index is 0.162. The van der Waals surface area contributed by atoms with E-state index in [1.807, 2.05) is 63.2 Å². The van der Waals surface area contributed by atoms with E-state index in [9.17, 15) is 14.4 Å². The second-order valence-corrected chi connectivity index (χ2v) is 9.70. The Morgan fingerprint density at radius 3 is 2.11 bits per heavy atom. The number of aryl methyl sites for hydroxylation is 1. The van der Waals surface area contributed by atoms with Crippen molar-refractivity contribution >= 4 is 17.9 Å².